The molecule has 0 radical (unpaired) electrons. The average Bonchev–Trinajstić information content (AvgIpc) is 2.85. The summed E-state index contributed by atoms with van der Waals surface area (Å²) in [5, 5.41) is 2.96. The molecule has 13 heavy (non-hydrogen) atoms. The van der Waals surface area contributed by atoms with Crippen molar-refractivity contribution in [1.29, 1.82) is 0 Å². The number of urea groups is 1. The Bertz CT molecular complexity index is 198. The van der Waals surface area contributed by atoms with Gasteiger partial charge in [0.1, 0.15) is 0 Å². The standard InChI is InChI=1S/C9H16N2O2/c1-11(8-2-3-8)9(12)10-7-4-5-13-6-7/h7-8H,2-6H2,1H3,(H,10,12). The van der Waals surface area contributed by atoms with Gasteiger partial charge in [0.05, 0.1) is 12.6 Å². The molecule has 1 N–H and O–H groups in total. The van der Waals surface area contributed by atoms with Crippen LogP contribution in [-0.4, -0.2) is 43.3 Å². The van der Waals surface area contributed by atoms with Crippen LogP contribution >= 0.6 is 0 Å². The molecule has 0 aromatic carbocycles. The summed E-state index contributed by atoms with van der Waals surface area (Å²) in [6, 6.07) is 0.772. The molecule has 0 aromatic rings. The van der Waals surface area contributed by atoms with Gasteiger partial charge in [-0.15, -0.1) is 0 Å². The van der Waals surface area contributed by atoms with Gasteiger partial charge < -0.3 is 15.0 Å². The molecule has 74 valence electrons. The molecule has 1 heterocycles. The Morgan fingerprint density at radius 3 is 2.77 bits per heavy atom. The molecule has 1 saturated carbocycles. The molecule has 1 atom stereocenters. The largest absolute Gasteiger partial charge is 0.379 e. The van der Waals surface area contributed by atoms with Gasteiger partial charge in [0.25, 0.3) is 0 Å². The highest BCUT2D eigenvalue weighted by atomic mass is 16.5. The van der Waals surface area contributed by atoms with Crippen molar-refractivity contribution in [2.45, 2.75) is 31.3 Å². The van der Waals surface area contributed by atoms with Gasteiger partial charge >= 0.3 is 6.03 Å². The van der Waals surface area contributed by atoms with Gasteiger partial charge in [0.2, 0.25) is 0 Å². The predicted octanol–water partition coefficient (Wildman–Crippen LogP) is 0.579. The van der Waals surface area contributed by atoms with Gasteiger partial charge in [-0.05, 0) is 19.3 Å². The van der Waals surface area contributed by atoms with E-state index in [-0.39, 0.29) is 12.1 Å². The molecule has 1 unspecified atom stereocenters. The highest BCUT2D eigenvalue weighted by Crippen LogP contribution is 2.25. The summed E-state index contributed by atoms with van der Waals surface area (Å²) >= 11 is 0. The zero-order valence-corrected chi connectivity index (χ0v) is 7.95. The van der Waals surface area contributed by atoms with Crippen LogP contribution in [0.2, 0.25) is 0 Å². The van der Waals surface area contributed by atoms with Crippen LogP contribution in [-0.2, 0) is 4.74 Å². The Hall–Kier alpha value is -0.770. The summed E-state index contributed by atoms with van der Waals surface area (Å²) in [6.07, 6.45) is 3.26. The maximum atomic E-state index is 11.5. The predicted molar refractivity (Wildman–Crippen MR) is 48.5 cm³/mol. The topological polar surface area (TPSA) is 41.6 Å². The van der Waals surface area contributed by atoms with E-state index in [9.17, 15) is 4.79 Å². The van der Waals surface area contributed by atoms with Gasteiger partial charge in [-0.25, -0.2) is 4.79 Å². The molecule has 1 aliphatic carbocycles. The second-order valence-corrected chi connectivity index (χ2v) is 3.85. The van der Waals surface area contributed by atoms with Crippen molar-refractivity contribution in [3.63, 3.8) is 0 Å². The smallest absolute Gasteiger partial charge is 0.317 e. The Morgan fingerprint density at radius 1 is 1.46 bits per heavy atom. The molecular weight excluding hydrogens is 168 g/mol. The first-order chi connectivity index (χ1) is 6.27. The maximum Gasteiger partial charge on any atom is 0.317 e. The highest BCUT2D eigenvalue weighted by Gasteiger charge is 2.30. The summed E-state index contributed by atoms with van der Waals surface area (Å²) in [7, 11) is 1.86. The van der Waals surface area contributed by atoms with E-state index in [0.29, 0.717) is 12.6 Å². The third-order valence-corrected chi connectivity index (χ3v) is 2.67. The van der Waals surface area contributed by atoms with Gasteiger partial charge in [-0.3, -0.25) is 0 Å². The third-order valence-electron chi connectivity index (χ3n) is 2.67. The molecule has 2 rings (SSSR count). The van der Waals surface area contributed by atoms with E-state index in [4.69, 9.17) is 4.74 Å². The Morgan fingerprint density at radius 2 is 2.23 bits per heavy atom. The number of nitrogens with one attached hydrogen (secondary N) is 1. The highest BCUT2D eigenvalue weighted by molar-refractivity contribution is 5.74. The molecule has 0 aromatic heterocycles. The molecule has 0 bridgehead atoms. The fourth-order valence-electron chi connectivity index (χ4n) is 1.55. The summed E-state index contributed by atoms with van der Waals surface area (Å²) in [5.41, 5.74) is 0. The number of amides is 2. The number of hydrogen-bond donors (Lipinski definition) is 1. The van der Waals surface area contributed by atoms with E-state index in [1.165, 1.54) is 0 Å². The zero-order chi connectivity index (χ0) is 9.26. The fourth-order valence-corrected chi connectivity index (χ4v) is 1.55. The van der Waals surface area contributed by atoms with Gasteiger partial charge in [-0.1, -0.05) is 0 Å². The minimum absolute atomic E-state index is 0.0537. The van der Waals surface area contributed by atoms with Crippen molar-refractivity contribution < 1.29 is 9.53 Å². The first kappa shape index (κ1) is 8.81. The number of carbonyl (C=O) groups is 1. The summed E-state index contributed by atoms with van der Waals surface area (Å²) in [6.45, 7) is 1.45. The Kier molecular flexibility index (Phi) is 2.40. The van der Waals surface area contributed by atoms with Crippen LogP contribution in [0.4, 0.5) is 4.79 Å². The average molecular weight is 184 g/mol. The van der Waals surface area contributed by atoms with Crippen molar-refractivity contribution >= 4 is 6.03 Å². The monoisotopic (exact) mass is 184 g/mol. The van der Waals surface area contributed by atoms with E-state index >= 15 is 0 Å². The number of rotatable bonds is 2. The molecular formula is C9H16N2O2. The minimum atomic E-state index is 0.0537. The lowest BCUT2D eigenvalue weighted by molar-refractivity contribution is 0.181. The summed E-state index contributed by atoms with van der Waals surface area (Å²) < 4.78 is 5.18. The fraction of sp³-hybridized carbons (Fsp3) is 0.889. The molecule has 2 fully saturated rings. The van der Waals surface area contributed by atoms with E-state index in [1.54, 1.807) is 4.90 Å². The first-order valence-electron chi connectivity index (χ1n) is 4.88. The summed E-state index contributed by atoms with van der Waals surface area (Å²) in [5.74, 6) is 0. The SMILES string of the molecule is CN(C(=O)NC1CCOC1)C1CC1. The van der Waals surface area contributed by atoms with E-state index in [0.717, 1.165) is 25.9 Å². The van der Waals surface area contributed by atoms with Gasteiger partial charge in [-0.2, -0.15) is 0 Å². The Labute approximate surface area is 78.2 Å². The van der Waals surface area contributed by atoms with Crippen molar-refractivity contribution in [2.24, 2.45) is 0 Å². The van der Waals surface area contributed by atoms with Crippen LogP contribution in [0.3, 0.4) is 0 Å². The molecule has 4 nitrogen and oxygen atoms in total. The second-order valence-electron chi connectivity index (χ2n) is 3.85. The van der Waals surface area contributed by atoms with Crippen molar-refractivity contribution in [3.8, 4) is 0 Å². The Balaban J connectivity index is 1.76. The zero-order valence-electron chi connectivity index (χ0n) is 7.95. The van der Waals surface area contributed by atoms with Crippen LogP contribution in [0.15, 0.2) is 0 Å². The number of nitrogens with zero attached hydrogens (tertiary/aromatic N) is 1. The van der Waals surface area contributed by atoms with Crippen LogP contribution in [0, 0.1) is 0 Å². The number of carbonyl (C=O) groups excluding carboxylic acids is 1. The van der Waals surface area contributed by atoms with Crippen molar-refractivity contribution in [1.82, 2.24) is 10.2 Å². The maximum absolute atomic E-state index is 11.5. The molecule has 4 heteroatoms. The lowest BCUT2D eigenvalue weighted by atomic mass is 10.3. The van der Waals surface area contributed by atoms with Crippen molar-refractivity contribution in [2.75, 3.05) is 20.3 Å². The van der Waals surface area contributed by atoms with E-state index in [2.05, 4.69) is 5.32 Å². The van der Waals surface area contributed by atoms with Crippen LogP contribution in [0.5, 0.6) is 0 Å². The van der Waals surface area contributed by atoms with E-state index < -0.39 is 0 Å². The third kappa shape index (κ3) is 2.12. The van der Waals surface area contributed by atoms with Crippen LogP contribution < -0.4 is 5.32 Å². The molecule has 2 amide bonds. The molecule has 2 aliphatic rings. The second kappa shape index (κ2) is 3.54. The van der Waals surface area contributed by atoms with E-state index in [1.807, 2.05) is 7.05 Å². The van der Waals surface area contributed by atoms with Crippen LogP contribution in [0.25, 0.3) is 0 Å². The van der Waals surface area contributed by atoms with Gasteiger partial charge in [0, 0.05) is 19.7 Å². The number of hydrogen-bond acceptors (Lipinski definition) is 2. The van der Waals surface area contributed by atoms with Crippen molar-refractivity contribution in [3.05, 3.63) is 0 Å². The van der Waals surface area contributed by atoms with Crippen LogP contribution in [0.1, 0.15) is 19.3 Å². The molecule has 1 saturated heterocycles. The molecule has 1 aliphatic heterocycles. The minimum Gasteiger partial charge on any atom is -0.379 e. The lowest BCUT2D eigenvalue weighted by Crippen LogP contribution is -2.44. The quantitative estimate of drug-likeness (QED) is 0.682. The summed E-state index contributed by atoms with van der Waals surface area (Å²) in [4.78, 5) is 13.3. The number of ether oxygens (including phenoxy) is 1. The van der Waals surface area contributed by atoms with Gasteiger partial charge in [0.15, 0.2) is 0 Å². The first-order valence-corrected chi connectivity index (χ1v) is 4.88. The lowest BCUT2D eigenvalue weighted by Gasteiger charge is -2.19. The molecule has 0 spiro atoms. The normalized spacial score (nSPS) is 27.3.